The van der Waals surface area contributed by atoms with E-state index in [1.165, 1.54) is 18.6 Å². The quantitative estimate of drug-likeness (QED) is 0.156. The Morgan fingerprint density at radius 1 is 1.33 bits per heavy atom. The normalized spacial score (nSPS) is 21.7. The number of nitrogen functional groups attached to an aromatic ring is 1. The van der Waals surface area contributed by atoms with E-state index in [0.717, 1.165) is 32.1 Å². The number of allylic oxidation sites excluding steroid dienone is 3. The summed E-state index contributed by atoms with van der Waals surface area (Å²) in [4.78, 5) is 26.7. The van der Waals surface area contributed by atoms with Crippen LogP contribution in [0.3, 0.4) is 0 Å². The van der Waals surface area contributed by atoms with Crippen molar-refractivity contribution in [3.8, 4) is 12.3 Å². The Kier molecular flexibility index (Phi) is 12.1. The Labute approximate surface area is 252 Å². The lowest BCUT2D eigenvalue weighted by Crippen LogP contribution is -2.38. The second-order valence-corrected chi connectivity index (χ2v) is 11.2. The third-order valence-electron chi connectivity index (χ3n) is 7.20. The SMILES string of the molecule is C#CC(C=N/C=C(\C)Cl)c1nc(C(=N)OC(N)=O)nc(N)c1N(CC1C=C(/C=C\C=N)OCC1)CC1CCC(C)CC1. The maximum absolute atomic E-state index is 11.3. The Morgan fingerprint density at radius 2 is 2.07 bits per heavy atom. The summed E-state index contributed by atoms with van der Waals surface area (Å²) >= 11 is 5.96. The third-order valence-corrected chi connectivity index (χ3v) is 7.30. The van der Waals surface area contributed by atoms with Crippen LogP contribution in [-0.4, -0.2) is 54.1 Å². The predicted molar refractivity (Wildman–Crippen MR) is 167 cm³/mol. The fraction of sp³-hybridized carbons (Fsp3) is 0.467. The molecule has 0 bridgehead atoms. The van der Waals surface area contributed by atoms with E-state index in [0.29, 0.717) is 53.7 Å². The molecule has 0 radical (unpaired) electrons. The molecule has 0 aromatic carbocycles. The first-order valence-electron chi connectivity index (χ1n) is 13.9. The number of nitrogens with zero attached hydrogens (tertiary/aromatic N) is 4. The molecule has 2 atom stereocenters. The Bertz CT molecular complexity index is 1300. The number of amides is 1. The Hall–Kier alpha value is -4.17. The van der Waals surface area contributed by atoms with Gasteiger partial charge in [-0.1, -0.05) is 37.3 Å². The van der Waals surface area contributed by atoms with Crippen molar-refractivity contribution in [2.45, 2.75) is 51.9 Å². The molecule has 1 amide bonds. The van der Waals surface area contributed by atoms with Crippen LogP contribution < -0.4 is 16.4 Å². The van der Waals surface area contributed by atoms with Gasteiger partial charge in [0.05, 0.1) is 18.2 Å². The zero-order valence-electron chi connectivity index (χ0n) is 24.1. The highest BCUT2D eigenvalue weighted by atomic mass is 35.5. The first kappa shape index (κ1) is 32.3. The number of hydrogen-bond donors (Lipinski definition) is 4. The van der Waals surface area contributed by atoms with Gasteiger partial charge in [0.15, 0.2) is 5.82 Å². The molecular weight excluding hydrogens is 556 g/mol. The summed E-state index contributed by atoms with van der Waals surface area (Å²) in [5, 5.41) is 15.9. The zero-order valence-corrected chi connectivity index (χ0v) is 24.8. The van der Waals surface area contributed by atoms with Crippen molar-refractivity contribution >= 4 is 47.5 Å². The van der Waals surface area contributed by atoms with Gasteiger partial charge in [-0.05, 0) is 56.3 Å². The summed E-state index contributed by atoms with van der Waals surface area (Å²) in [5.41, 5.74) is 12.6. The molecule has 42 heavy (non-hydrogen) atoms. The molecule has 2 unspecified atom stereocenters. The molecule has 1 aliphatic heterocycles. The molecule has 1 aliphatic carbocycles. The average molecular weight is 595 g/mol. The maximum Gasteiger partial charge on any atom is 0.411 e. The van der Waals surface area contributed by atoms with Crippen LogP contribution >= 0.6 is 11.6 Å². The fourth-order valence-electron chi connectivity index (χ4n) is 5.15. The van der Waals surface area contributed by atoms with Crippen molar-refractivity contribution in [2.75, 3.05) is 30.3 Å². The van der Waals surface area contributed by atoms with Crippen molar-refractivity contribution in [3.63, 3.8) is 0 Å². The van der Waals surface area contributed by atoms with Crippen molar-refractivity contribution in [1.82, 2.24) is 9.97 Å². The van der Waals surface area contributed by atoms with E-state index in [9.17, 15) is 4.79 Å². The monoisotopic (exact) mass is 594 g/mol. The maximum atomic E-state index is 11.3. The minimum Gasteiger partial charge on any atom is -0.494 e. The van der Waals surface area contributed by atoms with Gasteiger partial charge < -0.3 is 31.3 Å². The number of aromatic nitrogens is 2. The van der Waals surface area contributed by atoms with Crippen LogP contribution in [0.2, 0.25) is 0 Å². The van der Waals surface area contributed by atoms with Gasteiger partial charge in [-0.2, -0.15) is 0 Å². The van der Waals surface area contributed by atoms with Crippen molar-refractivity contribution in [3.05, 3.63) is 46.7 Å². The fourth-order valence-corrected chi connectivity index (χ4v) is 5.21. The number of halogens is 1. The van der Waals surface area contributed by atoms with Gasteiger partial charge in [0.2, 0.25) is 5.82 Å². The summed E-state index contributed by atoms with van der Waals surface area (Å²) in [5.74, 6) is 3.09. The van der Waals surface area contributed by atoms with Gasteiger partial charge >= 0.3 is 6.09 Å². The second-order valence-electron chi connectivity index (χ2n) is 10.6. The van der Waals surface area contributed by atoms with E-state index in [4.69, 9.17) is 49.8 Å². The van der Waals surface area contributed by atoms with E-state index >= 15 is 0 Å². The van der Waals surface area contributed by atoms with Gasteiger partial charge in [0.1, 0.15) is 11.4 Å². The molecule has 3 rings (SSSR count). The van der Waals surface area contributed by atoms with Crippen LogP contribution in [0.5, 0.6) is 0 Å². The van der Waals surface area contributed by atoms with Gasteiger partial charge in [-0.25, -0.2) is 14.8 Å². The molecule has 1 aromatic rings. The lowest BCUT2D eigenvalue weighted by molar-refractivity contribution is 0.185. The molecule has 0 spiro atoms. The van der Waals surface area contributed by atoms with Crippen molar-refractivity contribution < 1.29 is 14.3 Å². The molecule has 224 valence electrons. The van der Waals surface area contributed by atoms with E-state index in [2.05, 4.69) is 38.8 Å². The Balaban J connectivity index is 2.13. The summed E-state index contributed by atoms with van der Waals surface area (Å²) in [7, 11) is 0. The number of carbonyl (C=O) groups excluding carboxylic acids is 1. The predicted octanol–water partition coefficient (Wildman–Crippen LogP) is 5.13. The van der Waals surface area contributed by atoms with Crippen LogP contribution in [0, 0.1) is 40.9 Å². The van der Waals surface area contributed by atoms with Gasteiger partial charge in [-0.15, -0.1) is 6.42 Å². The number of hydrogen-bond acceptors (Lipinski definition) is 10. The molecule has 0 saturated heterocycles. The number of ether oxygens (including phenoxy) is 2. The van der Waals surface area contributed by atoms with Crippen LogP contribution in [0.25, 0.3) is 0 Å². The molecule has 6 N–H and O–H groups in total. The molecule has 1 aromatic heterocycles. The number of nitrogens with one attached hydrogen (secondary N) is 2. The molecule has 1 saturated carbocycles. The molecule has 12 heteroatoms. The summed E-state index contributed by atoms with van der Waals surface area (Å²) in [6.45, 7) is 5.80. The molecule has 1 fully saturated rings. The summed E-state index contributed by atoms with van der Waals surface area (Å²) < 4.78 is 10.5. The highest BCUT2D eigenvalue weighted by molar-refractivity contribution is 6.29. The Morgan fingerprint density at radius 3 is 2.71 bits per heavy atom. The van der Waals surface area contributed by atoms with E-state index in [-0.39, 0.29) is 17.6 Å². The number of rotatable bonds is 11. The van der Waals surface area contributed by atoms with E-state index in [1.54, 1.807) is 19.1 Å². The number of anilines is 2. The van der Waals surface area contributed by atoms with Crippen molar-refractivity contribution in [1.29, 1.82) is 10.8 Å². The van der Waals surface area contributed by atoms with E-state index < -0.39 is 17.9 Å². The molecular formula is C30H39ClN8O3. The number of terminal acetylenes is 1. The first-order chi connectivity index (χ1) is 20.1. The largest absolute Gasteiger partial charge is 0.494 e. The average Bonchev–Trinajstić information content (AvgIpc) is 2.94. The lowest BCUT2D eigenvalue weighted by atomic mass is 9.82. The minimum atomic E-state index is -1.17. The van der Waals surface area contributed by atoms with E-state index in [1.807, 2.05) is 0 Å². The smallest absolute Gasteiger partial charge is 0.411 e. The molecule has 2 aliphatic rings. The summed E-state index contributed by atoms with van der Waals surface area (Å²) in [6.07, 6.45) is 19.7. The number of aliphatic imine (C=N–C) groups is 1. The highest BCUT2D eigenvalue weighted by Crippen LogP contribution is 2.36. The number of primary amides is 1. The van der Waals surface area contributed by atoms with Crippen LogP contribution in [0.15, 0.2) is 40.2 Å². The highest BCUT2D eigenvalue weighted by Gasteiger charge is 2.30. The van der Waals surface area contributed by atoms with Crippen LogP contribution in [0.1, 0.15) is 63.4 Å². The zero-order chi connectivity index (χ0) is 30.6. The van der Waals surface area contributed by atoms with Gasteiger partial charge in [0, 0.05) is 42.7 Å². The molecule has 2 heterocycles. The minimum absolute atomic E-state index is 0.0923. The number of carbonyl (C=O) groups is 1. The number of nitrogens with two attached hydrogens (primary N) is 2. The lowest BCUT2D eigenvalue weighted by Gasteiger charge is -2.36. The second kappa shape index (κ2) is 15.7. The molecule has 11 nitrogen and oxygen atoms in total. The van der Waals surface area contributed by atoms with Crippen LogP contribution in [-0.2, 0) is 9.47 Å². The topological polar surface area (TPSA) is 177 Å². The summed E-state index contributed by atoms with van der Waals surface area (Å²) in [6, 6.07) is 0. The standard InChI is InChI=1S/C30H39ClN8O3/c1-4-23(16-36-15-20(3)31)25-26(27(33)38-29(37-25)28(34)42-30(35)40)39(17-21-9-7-19(2)8-10-21)18-22-11-13-41-24(14-22)6-5-12-32/h1,5-6,12,14-16,19,21-23,32,34H,7-11,13,17-18H2,2-3H3,(H2,35,40)(H2,33,37,38)/b6-5-,20-15+,32-12?,34-28?,36-16?. The first-order valence-corrected chi connectivity index (χ1v) is 14.3. The van der Waals surface area contributed by atoms with Crippen LogP contribution in [0.4, 0.5) is 16.3 Å². The third kappa shape index (κ3) is 9.45. The van der Waals surface area contributed by atoms with Gasteiger partial charge in [0.25, 0.3) is 5.90 Å². The van der Waals surface area contributed by atoms with Crippen molar-refractivity contribution in [2.24, 2.45) is 28.5 Å². The van der Waals surface area contributed by atoms with Gasteiger partial charge in [-0.3, -0.25) is 10.4 Å².